The second kappa shape index (κ2) is 10.9. The van der Waals surface area contributed by atoms with Gasteiger partial charge < -0.3 is 9.47 Å². The van der Waals surface area contributed by atoms with E-state index in [0.717, 1.165) is 5.56 Å². The monoisotopic (exact) mass is 447 g/mol. The number of carbonyl (C=O) groups excluding carboxylic acids is 1. The smallest absolute Gasteiger partial charge is 0.310 e. The number of hydrogen-bond donors (Lipinski definition) is 1. The van der Waals surface area contributed by atoms with Crippen molar-refractivity contribution in [2.75, 3.05) is 6.61 Å². The fraction of sp³-hybridized carbons (Fsp3) is 0.200. The van der Waals surface area contributed by atoms with Crippen LogP contribution in [0.1, 0.15) is 36.5 Å². The molecule has 0 unspecified atom stereocenters. The van der Waals surface area contributed by atoms with Crippen LogP contribution in [-0.4, -0.2) is 23.7 Å². The van der Waals surface area contributed by atoms with Gasteiger partial charge >= 0.3 is 5.69 Å². The first-order valence-corrected chi connectivity index (χ1v) is 10.4. The van der Waals surface area contributed by atoms with Gasteiger partial charge in [-0.2, -0.15) is 5.10 Å². The Labute approximate surface area is 192 Å². The van der Waals surface area contributed by atoms with Gasteiger partial charge in [-0.25, -0.2) is 5.43 Å². The molecule has 0 aromatic heterocycles. The number of carbonyl (C=O) groups is 1. The normalized spacial score (nSPS) is 10.9. The topological polar surface area (TPSA) is 103 Å². The molecule has 1 N–H and O–H groups in total. The average Bonchev–Trinajstić information content (AvgIpc) is 2.79. The standard InChI is InChI=1S/C25H25N3O5/c1-17(2)21-13-12-20(14-18(21)3)33-23-10-6-4-8-19(23)15-26-27-25(29)16-32-24-11-7-5-9-22(24)28(30)31/h4-15,17H,16H2,1-3H3,(H,27,29). The number of hydrogen-bond acceptors (Lipinski definition) is 6. The van der Waals surface area contributed by atoms with Gasteiger partial charge in [-0.05, 0) is 54.3 Å². The van der Waals surface area contributed by atoms with Gasteiger partial charge in [0.25, 0.3) is 5.91 Å². The lowest BCUT2D eigenvalue weighted by Gasteiger charge is -2.13. The minimum absolute atomic E-state index is 0.0131. The number of rotatable bonds is 9. The molecule has 3 rings (SSSR count). The Balaban J connectivity index is 1.61. The van der Waals surface area contributed by atoms with Crippen LogP contribution in [0.4, 0.5) is 5.69 Å². The highest BCUT2D eigenvalue weighted by atomic mass is 16.6. The first-order valence-electron chi connectivity index (χ1n) is 10.4. The fourth-order valence-electron chi connectivity index (χ4n) is 3.25. The van der Waals surface area contributed by atoms with E-state index in [1.165, 1.54) is 30.0 Å². The van der Waals surface area contributed by atoms with E-state index in [9.17, 15) is 14.9 Å². The van der Waals surface area contributed by atoms with Crippen LogP contribution in [-0.2, 0) is 4.79 Å². The number of nitrogens with zero attached hydrogens (tertiary/aromatic N) is 2. The molecule has 0 aliphatic carbocycles. The number of para-hydroxylation sites is 3. The van der Waals surface area contributed by atoms with Crippen molar-refractivity contribution in [1.82, 2.24) is 5.43 Å². The molecule has 3 aromatic carbocycles. The van der Waals surface area contributed by atoms with Crippen molar-refractivity contribution in [1.29, 1.82) is 0 Å². The average molecular weight is 447 g/mol. The predicted molar refractivity (Wildman–Crippen MR) is 126 cm³/mol. The fourth-order valence-corrected chi connectivity index (χ4v) is 3.25. The highest BCUT2D eigenvalue weighted by Crippen LogP contribution is 2.28. The molecule has 0 bridgehead atoms. The summed E-state index contributed by atoms with van der Waals surface area (Å²) in [6.45, 7) is 5.93. The van der Waals surface area contributed by atoms with Crippen LogP contribution >= 0.6 is 0 Å². The van der Waals surface area contributed by atoms with Crippen molar-refractivity contribution in [3.05, 3.63) is 93.5 Å². The molecule has 33 heavy (non-hydrogen) atoms. The Morgan fingerprint density at radius 3 is 2.48 bits per heavy atom. The van der Waals surface area contributed by atoms with Gasteiger partial charge in [-0.15, -0.1) is 0 Å². The van der Waals surface area contributed by atoms with Gasteiger partial charge in [0.05, 0.1) is 11.1 Å². The van der Waals surface area contributed by atoms with Crippen LogP contribution in [0, 0.1) is 17.0 Å². The third kappa shape index (κ3) is 6.39. The Hall–Kier alpha value is -4.20. The van der Waals surface area contributed by atoms with Crippen molar-refractivity contribution in [3.8, 4) is 17.2 Å². The van der Waals surface area contributed by atoms with Gasteiger partial charge in [0.15, 0.2) is 12.4 Å². The molecule has 3 aromatic rings. The van der Waals surface area contributed by atoms with Gasteiger partial charge in [-0.3, -0.25) is 14.9 Å². The molecule has 0 heterocycles. The lowest BCUT2D eigenvalue weighted by atomic mass is 9.98. The Bertz CT molecular complexity index is 1170. The molecule has 8 nitrogen and oxygen atoms in total. The van der Waals surface area contributed by atoms with Gasteiger partial charge in [-0.1, -0.05) is 44.2 Å². The molecular formula is C25H25N3O5. The summed E-state index contributed by atoms with van der Waals surface area (Å²) in [7, 11) is 0. The number of hydrazone groups is 1. The van der Waals surface area contributed by atoms with Crippen molar-refractivity contribution in [2.45, 2.75) is 26.7 Å². The summed E-state index contributed by atoms with van der Waals surface area (Å²) in [5.41, 5.74) is 5.23. The zero-order valence-electron chi connectivity index (χ0n) is 18.6. The molecule has 0 atom stereocenters. The lowest BCUT2D eigenvalue weighted by Crippen LogP contribution is -2.24. The third-order valence-electron chi connectivity index (χ3n) is 4.82. The number of nitro benzene ring substituents is 1. The molecule has 0 saturated carbocycles. The second-order valence-electron chi connectivity index (χ2n) is 7.62. The number of benzene rings is 3. The maximum Gasteiger partial charge on any atom is 0.310 e. The first kappa shape index (κ1) is 23.5. The molecule has 0 radical (unpaired) electrons. The highest BCUT2D eigenvalue weighted by Gasteiger charge is 2.14. The molecule has 0 saturated heterocycles. The van der Waals surface area contributed by atoms with E-state index < -0.39 is 17.4 Å². The molecule has 0 aliphatic rings. The van der Waals surface area contributed by atoms with E-state index in [0.29, 0.717) is 23.0 Å². The Morgan fingerprint density at radius 1 is 1.09 bits per heavy atom. The van der Waals surface area contributed by atoms with E-state index in [1.807, 2.05) is 36.4 Å². The molecular weight excluding hydrogens is 422 g/mol. The van der Waals surface area contributed by atoms with E-state index >= 15 is 0 Å². The highest BCUT2D eigenvalue weighted by molar-refractivity contribution is 5.85. The number of nitro groups is 1. The summed E-state index contributed by atoms with van der Waals surface area (Å²) in [6, 6.07) is 19.1. The largest absolute Gasteiger partial charge is 0.477 e. The quantitative estimate of drug-likeness (QED) is 0.271. The molecule has 8 heteroatoms. The van der Waals surface area contributed by atoms with Crippen molar-refractivity contribution >= 4 is 17.8 Å². The minimum atomic E-state index is -0.569. The van der Waals surface area contributed by atoms with Crippen LogP contribution in [0.2, 0.25) is 0 Å². The summed E-state index contributed by atoms with van der Waals surface area (Å²) in [5.74, 6) is 1.18. The van der Waals surface area contributed by atoms with Crippen LogP contribution < -0.4 is 14.9 Å². The van der Waals surface area contributed by atoms with Gasteiger partial charge in [0.1, 0.15) is 11.5 Å². The summed E-state index contributed by atoms with van der Waals surface area (Å²) in [4.78, 5) is 22.5. The third-order valence-corrected chi connectivity index (χ3v) is 4.82. The van der Waals surface area contributed by atoms with Crippen LogP contribution in [0.15, 0.2) is 71.8 Å². The second-order valence-corrected chi connectivity index (χ2v) is 7.62. The number of ether oxygens (including phenoxy) is 2. The van der Waals surface area contributed by atoms with Crippen molar-refractivity contribution in [3.63, 3.8) is 0 Å². The summed E-state index contributed by atoms with van der Waals surface area (Å²) in [5, 5.41) is 15.0. The maximum atomic E-state index is 12.0. The summed E-state index contributed by atoms with van der Waals surface area (Å²) in [6.07, 6.45) is 1.47. The lowest BCUT2D eigenvalue weighted by molar-refractivity contribution is -0.385. The van der Waals surface area contributed by atoms with E-state index in [4.69, 9.17) is 9.47 Å². The van der Waals surface area contributed by atoms with Crippen molar-refractivity contribution < 1.29 is 19.2 Å². The van der Waals surface area contributed by atoms with Gasteiger partial charge in [0, 0.05) is 11.6 Å². The van der Waals surface area contributed by atoms with E-state index in [-0.39, 0.29) is 11.4 Å². The summed E-state index contributed by atoms with van der Waals surface area (Å²) < 4.78 is 11.3. The molecule has 0 fully saturated rings. The molecule has 0 aliphatic heterocycles. The number of nitrogens with one attached hydrogen (secondary N) is 1. The molecule has 1 amide bonds. The number of amides is 1. The molecule has 170 valence electrons. The van der Waals surface area contributed by atoms with Crippen LogP contribution in [0.3, 0.4) is 0 Å². The zero-order chi connectivity index (χ0) is 23.8. The predicted octanol–water partition coefficient (Wildman–Crippen LogP) is 5.35. The number of aryl methyl sites for hydroxylation is 1. The Kier molecular flexibility index (Phi) is 7.75. The summed E-state index contributed by atoms with van der Waals surface area (Å²) >= 11 is 0. The molecule has 0 spiro atoms. The zero-order valence-corrected chi connectivity index (χ0v) is 18.6. The maximum absolute atomic E-state index is 12.0. The SMILES string of the molecule is Cc1cc(Oc2ccccc2C=NNC(=O)COc2ccccc2[N+](=O)[O-])ccc1C(C)C. The van der Waals surface area contributed by atoms with Crippen molar-refractivity contribution in [2.24, 2.45) is 5.10 Å². The Morgan fingerprint density at radius 2 is 1.79 bits per heavy atom. The van der Waals surface area contributed by atoms with Crippen LogP contribution in [0.5, 0.6) is 17.2 Å². The van der Waals surface area contributed by atoms with Gasteiger partial charge in [0.2, 0.25) is 0 Å². The van der Waals surface area contributed by atoms with E-state index in [1.54, 1.807) is 6.07 Å². The first-order chi connectivity index (χ1) is 15.8. The minimum Gasteiger partial charge on any atom is -0.477 e. The van der Waals surface area contributed by atoms with E-state index in [2.05, 4.69) is 37.4 Å². The van der Waals surface area contributed by atoms with Crippen LogP contribution in [0.25, 0.3) is 0 Å².